The fourth-order valence-corrected chi connectivity index (χ4v) is 2.20. The van der Waals surface area contributed by atoms with Crippen LogP contribution in [0.1, 0.15) is 11.8 Å². The molecule has 6 N–H and O–H groups in total. The fraction of sp³-hybridized carbons (Fsp3) is 0.545. The lowest BCUT2D eigenvalue weighted by molar-refractivity contribution is -0.0532. The summed E-state index contributed by atoms with van der Waals surface area (Å²) >= 11 is 0. The highest BCUT2D eigenvalue weighted by Gasteiger charge is 2.44. The van der Waals surface area contributed by atoms with Crippen LogP contribution < -0.4 is 22.5 Å². The van der Waals surface area contributed by atoms with Crippen molar-refractivity contribution in [3.63, 3.8) is 0 Å². The maximum absolute atomic E-state index is 11.8. The number of nitrogens with two attached hydrogens (primary N) is 1. The minimum atomic E-state index is -1.19. The summed E-state index contributed by atoms with van der Waals surface area (Å²) in [5.74, 6) is 5.07. The molecule has 1 aromatic heterocycles. The minimum Gasteiger partial charge on any atom is -0.394 e. The minimum absolute atomic E-state index is 0.293. The average molecular weight is 299 g/mol. The Hall–Kier alpha value is -2.01. The Kier molecular flexibility index (Phi) is 4.53. The number of rotatable bonds is 4. The molecule has 1 aliphatic heterocycles. The normalized spacial score (nSPS) is 29.1. The lowest BCUT2D eigenvalue weighted by Gasteiger charge is -2.17. The van der Waals surface area contributed by atoms with Gasteiger partial charge in [0.15, 0.2) is 6.23 Å². The molecule has 10 heteroatoms. The Morgan fingerprint density at radius 3 is 2.95 bits per heavy atom. The number of aliphatic imine (C=N–C) groups is 1. The summed E-state index contributed by atoms with van der Waals surface area (Å²) < 4.78 is 6.52. The summed E-state index contributed by atoms with van der Waals surface area (Å²) in [6.45, 7) is 1.13. The highest BCUT2D eigenvalue weighted by Crippen LogP contribution is 2.30. The second-order valence-electron chi connectivity index (χ2n) is 4.65. The second kappa shape index (κ2) is 6.18. The smallest absolute Gasteiger partial charge is 0.330 e. The van der Waals surface area contributed by atoms with E-state index in [4.69, 9.17) is 10.6 Å². The third kappa shape index (κ3) is 2.88. The number of nitrogens with one attached hydrogen (secondary N) is 2. The molecule has 4 unspecified atom stereocenters. The van der Waals surface area contributed by atoms with Gasteiger partial charge in [-0.25, -0.2) is 10.6 Å². The Balaban J connectivity index is 2.37. The first-order valence-corrected chi connectivity index (χ1v) is 6.23. The molecule has 0 spiro atoms. The van der Waals surface area contributed by atoms with E-state index in [1.165, 1.54) is 13.1 Å². The number of hydrazine groups is 1. The van der Waals surface area contributed by atoms with Crippen molar-refractivity contribution in [1.29, 1.82) is 0 Å². The zero-order valence-corrected chi connectivity index (χ0v) is 11.3. The number of hydrogen-bond donors (Lipinski definition) is 5. The van der Waals surface area contributed by atoms with Gasteiger partial charge in [0.1, 0.15) is 18.2 Å². The standard InChI is InChI=1S/C11H17N5O5/c1-5-2-16(11(20)15-9(5)19)10-8(18)7(13-4-14-12)6(3-17)21-10/h2,4,6-8,10,17-18H,3,12H2,1H3,(H,13,14)(H,15,19,20). The van der Waals surface area contributed by atoms with Gasteiger partial charge in [-0.2, -0.15) is 0 Å². The van der Waals surface area contributed by atoms with Crippen molar-refractivity contribution in [2.24, 2.45) is 10.8 Å². The van der Waals surface area contributed by atoms with Crippen LogP contribution in [0.2, 0.25) is 0 Å². The van der Waals surface area contributed by atoms with E-state index in [1.54, 1.807) is 0 Å². The summed E-state index contributed by atoms with van der Waals surface area (Å²) in [6.07, 6.45) is -0.603. The molecule has 1 fully saturated rings. The molecule has 0 aliphatic carbocycles. The highest BCUT2D eigenvalue weighted by atomic mass is 16.5. The molecule has 1 aromatic rings. The topological polar surface area (TPSA) is 155 Å². The summed E-state index contributed by atoms with van der Waals surface area (Å²) in [5.41, 5.74) is 1.25. The molecule has 2 heterocycles. The van der Waals surface area contributed by atoms with E-state index in [-0.39, 0.29) is 0 Å². The number of hydrogen-bond acceptors (Lipinski definition) is 7. The number of aryl methyl sites for hydroxylation is 1. The van der Waals surface area contributed by atoms with Crippen molar-refractivity contribution in [3.05, 3.63) is 32.6 Å². The Labute approximate surface area is 118 Å². The maximum Gasteiger partial charge on any atom is 0.330 e. The van der Waals surface area contributed by atoms with Gasteiger partial charge in [-0.3, -0.25) is 19.3 Å². The third-order valence-corrected chi connectivity index (χ3v) is 3.26. The van der Waals surface area contributed by atoms with Crippen LogP contribution in [-0.4, -0.2) is 51.0 Å². The number of ether oxygens (including phenoxy) is 1. The molecule has 10 nitrogen and oxygen atoms in total. The first-order chi connectivity index (χ1) is 9.99. The van der Waals surface area contributed by atoms with Crippen LogP contribution in [0.5, 0.6) is 0 Å². The first kappa shape index (κ1) is 15.4. The van der Waals surface area contributed by atoms with Crippen molar-refractivity contribution >= 4 is 6.34 Å². The van der Waals surface area contributed by atoms with E-state index in [0.29, 0.717) is 5.56 Å². The van der Waals surface area contributed by atoms with Crippen molar-refractivity contribution < 1.29 is 14.9 Å². The Morgan fingerprint density at radius 2 is 2.33 bits per heavy atom. The molecule has 1 aliphatic rings. The van der Waals surface area contributed by atoms with Crippen LogP contribution in [0, 0.1) is 6.92 Å². The Morgan fingerprint density at radius 1 is 1.62 bits per heavy atom. The highest BCUT2D eigenvalue weighted by molar-refractivity contribution is 5.53. The molecule has 21 heavy (non-hydrogen) atoms. The number of aliphatic hydroxyl groups excluding tert-OH is 2. The number of nitrogens with zero attached hydrogens (tertiary/aromatic N) is 2. The molecular formula is C11H17N5O5. The van der Waals surface area contributed by atoms with Gasteiger partial charge in [0.05, 0.1) is 12.9 Å². The first-order valence-electron chi connectivity index (χ1n) is 6.23. The van der Waals surface area contributed by atoms with E-state index in [9.17, 15) is 19.8 Å². The zero-order chi connectivity index (χ0) is 15.6. The van der Waals surface area contributed by atoms with Crippen LogP contribution in [0.4, 0.5) is 0 Å². The third-order valence-electron chi connectivity index (χ3n) is 3.26. The van der Waals surface area contributed by atoms with Gasteiger partial charge in [-0.1, -0.05) is 0 Å². The summed E-state index contributed by atoms with van der Waals surface area (Å²) in [7, 11) is 0. The van der Waals surface area contributed by atoms with Crippen molar-refractivity contribution in [2.75, 3.05) is 6.61 Å². The van der Waals surface area contributed by atoms with Gasteiger partial charge in [0.25, 0.3) is 5.56 Å². The lowest BCUT2D eigenvalue weighted by Crippen LogP contribution is -2.38. The SMILES string of the molecule is Cc1cn(C2OC(CO)C(N=CNN)C2O)c(=O)[nH]c1=O. The van der Waals surface area contributed by atoms with E-state index in [2.05, 4.69) is 15.4 Å². The zero-order valence-electron chi connectivity index (χ0n) is 11.3. The van der Waals surface area contributed by atoms with Crippen molar-refractivity contribution in [2.45, 2.75) is 31.4 Å². The predicted molar refractivity (Wildman–Crippen MR) is 72.7 cm³/mol. The quantitative estimate of drug-likeness (QED) is 0.171. The molecule has 0 bridgehead atoms. The van der Waals surface area contributed by atoms with Crippen LogP contribution in [0.15, 0.2) is 20.8 Å². The van der Waals surface area contributed by atoms with E-state index >= 15 is 0 Å². The number of aromatic nitrogens is 2. The summed E-state index contributed by atoms with van der Waals surface area (Å²) in [6, 6.07) is -0.796. The average Bonchev–Trinajstić information content (AvgIpc) is 2.77. The molecule has 1 saturated heterocycles. The van der Waals surface area contributed by atoms with E-state index in [1.807, 2.05) is 0 Å². The summed E-state index contributed by atoms with van der Waals surface area (Å²) in [4.78, 5) is 29.2. The molecule has 0 radical (unpaired) electrons. The number of aromatic amines is 1. The fourth-order valence-electron chi connectivity index (χ4n) is 2.20. The largest absolute Gasteiger partial charge is 0.394 e. The van der Waals surface area contributed by atoms with Gasteiger partial charge in [-0.15, -0.1) is 0 Å². The van der Waals surface area contributed by atoms with Crippen LogP contribution in [0.3, 0.4) is 0 Å². The van der Waals surface area contributed by atoms with Gasteiger partial charge < -0.3 is 20.4 Å². The molecule has 116 valence electrons. The maximum atomic E-state index is 11.8. The monoisotopic (exact) mass is 299 g/mol. The molecule has 4 atom stereocenters. The van der Waals surface area contributed by atoms with E-state index < -0.39 is 42.3 Å². The van der Waals surface area contributed by atoms with Crippen molar-refractivity contribution in [1.82, 2.24) is 15.0 Å². The molecule has 0 amide bonds. The lowest BCUT2D eigenvalue weighted by atomic mass is 10.1. The van der Waals surface area contributed by atoms with Crippen molar-refractivity contribution in [3.8, 4) is 0 Å². The van der Waals surface area contributed by atoms with Crippen LogP contribution >= 0.6 is 0 Å². The van der Waals surface area contributed by atoms with Gasteiger partial charge in [0.2, 0.25) is 0 Å². The number of H-pyrrole nitrogens is 1. The predicted octanol–water partition coefficient (Wildman–Crippen LogP) is -3.04. The molecule has 0 saturated carbocycles. The number of aliphatic hydroxyl groups is 2. The van der Waals surface area contributed by atoms with Crippen LogP contribution in [0.25, 0.3) is 0 Å². The second-order valence-corrected chi connectivity index (χ2v) is 4.65. The molecule has 0 aromatic carbocycles. The van der Waals surface area contributed by atoms with Gasteiger partial charge >= 0.3 is 5.69 Å². The molecule has 2 rings (SSSR count). The summed E-state index contributed by atoms with van der Waals surface area (Å²) in [5, 5.41) is 19.5. The van der Waals surface area contributed by atoms with Gasteiger partial charge in [0, 0.05) is 11.8 Å². The van der Waals surface area contributed by atoms with E-state index in [0.717, 1.165) is 10.9 Å². The van der Waals surface area contributed by atoms with Crippen LogP contribution in [-0.2, 0) is 4.74 Å². The Bertz CT molecular complexity index is 639. The van der Waals surface area contributed by atoms with Gasteiger partial charge in [-0.05, 0) is 6.92 Å². The molecular weight excluding hydrogens is 282 g/mol.